The van der Waals surface area contributed by atoms with Crippen LogP contribution in [0.3, 0.4) is 0 Å². The molecular formula is C16H18BrN3O4S. The number of benzene rings is 1. The molecule has 0 aliphatic carbocycles. The number of aromatic nitrogens is 2. The Hall–Kier alpha value is -2.00. The third kappa shape index (κ3) is 5.79. The highest BCUT2D eigenvalue weighted by atomic mass is 79.9. The minimum Gasteiger partial charge on any atom is -0.471 e. The highest BCUT2D eigenvalue weighted by Crippen LogP contribution is 2.16. The number of thiol groups is 1. The molecule has 0 unspecified atom stereocenters. The molecule has 2 rings (SSSR count). The quantitative estimate of drug-likeness (QED) is 0.498. The van der Waals surface area contributed by atoms with Gasteiger partial charge in [-0.2, -0.15) is 17.7 Å². The van der Waals surface area contributed by atoms with Crippen molar-refractivity contribution >= 4 is 40.4 Å². The molecule has 7 nitrogen and oxygen atoms in total. The minimum atomic E-state index is -0.819. The van der Waals surface area contributed by atoms with Crippen LogP contribution < -0.4 is 10.1 Å². The fourth-order valence-electron chi connectivity index (χ4n) is 1.88. The zero-order valence-electron chi connectivity index (χ0n) is 13.5. The molecule has 1 heterocycles. The van der Waals surface area contributed by atoms with Crippen molar-refractivity contribution in [2.75, 3.05) is 12.4 Å². The van der Waals surface area contributed by atoms with Gasteiger partial charge in [0.1, 0.15) is 17.5 Å². The molecule has 0 aliphatic heterocycles. The van der Waals surface area contributed by atoms with E-state index in [1.165, 1.54) is 4.68 Å². The summed E-state index contributed by atoms with van der Waals surface area (Å²) in [7, 11) is 0. The van der Waals surface area contributed by atoms with Crippen molar-refractivity contribution in [1.29, 1.82) is 0 Å². The van der Waals surface area contributed by atoms with Crippen LogP contribution in [-0.4, -0.2) is 40.1 Å². The average molecular weight is 428 g/mol. The Morgan fingerprint density at radius 1 is 1.32 bits per heavy atom. The molecule has 0 radical (unpaired) electrons. The predicted octanol–water partition coefficient (Wildman–Crippen LogP) is 2.27. The second-order valence-electron chi connectivity index (χ2n) is 4.93. The Kier molecular flexibility index (Phi) is 7.32. The maximum atomic E-state index is 12.2. The number of hydrogen-bond donors (Lipinski definition) is 2. The van der Waals surface area contributed by atoms with E-state index in [0.717, 1.165) is 4.47 Å². The summed E-state index contributed by atoms with van der Waals surface area (Å²) in [6, 6.07) is 8.09. The number of rotatable bonds is 8. The summed E-state index contributed by atoms with van der Waals surface area (Å²) in [5.74, 6) is -0.182. The lowest BCUT2D eigenvalue weighted by Gasteiger charge is -2.14. The predicted molar refractivity (Wildman–Crippen MR) is 98.7 cm³/mol. The van der Waals surface area contributed by atoms with Crippen LogP contribution in [0.4, 0.5) is 0 Å². The molecule has 9 heteroatoms. The van der Waals surface area contributed by atoms with E-state index < -0.39 is 17.9 Å². The molecule has 1 amide bonds. The van der Waals surface area contributed by atoms with Gasteiger partial charge in [0.05, 0.1) is 6.61 Å². The van der Waals surface area contributed by atoms with E-state index in [4.69, 9.17) is 9.47 Å². The molecule has 1 aromatic heterocycles. The van der Waals surface area contributed by atoms with Crippen LogP contribution in [0.15, 0.2) is 41.0 Å². The normalized spacial score (nSPS) is 11.6. The number of esters is 1. The Morgan fingerprint density at radius 2 is 2.04 bits per heavy atom. The van der Waals surface area contributed by atoms with Crippen LogP contribution in [0.1, 0.15) is 17.4 Å². The largest absolute Gasteiger partial charge is 0.471 e. The third-order valence-electron chi connectivity index (χ3n) is 3.11. The Labute approximate surface area is 159 Å². The molecule has 0 saturated carbocycles. The number of hydrogen-bond acceptors (Lipinski definition) is 6. The van der Waals surface area contributed by atoms with Crippen molar-refractivity contribution in [3.63, 3.8) is 0 Å². The van der Waals surface area contributed by atoms with Gasteiger partial charge in [-0.25, -0.2) is 9.48 Å². The van der Waals surface area contributed by atoms with Gasteiger partial charge < -0.3 is 14.8 Å². The molecule has 1 aromatic carbocycles. The first-order valence-electron chi connectivity index (χ1n) is 7.53. The van der Waals surface area contributed by atoms with E-state index in [1.807, 2.05) is 24.3 Å². The summed E-state index contributed by atoms with van der Waals surface area (Å²) >= 11 is 7.41. The van der Waals surface area contributed by atoms with Gasteiger partial charge >= 0.3 is 5.97 Å². The summed E-state index contributed by atoms with van der Waals surface area (Å²) in [5, 5.41) is 6.68. The zero-order chi connectivity index (χ0) is 18.2. The van der Waals surface area contributed by atoms with Crippen molar-refractivity contribution in [1.82, 2.24) is 15.1 Å². The van der Waals surface area contributed by atoms with Crippen molar-refractivity contribution in [3.05, 3.63) is 46.7 Å². The zero-order valence-corrected chi connectivity index (χ0v) is 16.0. The van der Waals surface area contributed by atoms with Gasteiger partial charge in [-0.05, 0) is 37.3 Å². The second kappa shape index (κ2) is 9.47. The lowest BCUT2D eigenvalue weighted by Crippen LogP contribution is -2.43. The monoisotopic (exact) mass is 427 g/mol. The number of halogens is 1. The maximum absolute atomic E-state index is 12.2. The SMILES string of the molecule is CCOC(=O)[C@H](CS)NC(=O)c1ccn(COc2ccc(Br)cc2)n1. The van der Waals surface area contributed by atoms with Gasteiger partial charge in [0, 0.05) is 16.4 Å². The summed E-state index contributed by atoms with van der Waals surface area (Å²) in [6.07, 6.45) is 1.62. The van der Waals surface area contributed by atoms with Gasteiger partial charge in [0.2, 0.25) is 0 Å². The molecule has 134 valence electrons. The molecule has 25 heavy (non-hydrogen) atoms. The minimum absolute atomic E-state index is 0.137. The second-order valence-corrected chi connectivity index (χ2v) is 6.21. The number of carbonyl (C=O) groups excluding carboxylic acids is 2. The van der Waals surface area contributed by atoms with E-state index >= 15 is 0 Å². The van der Waals surface area contributed by atoms with Crippen molar-refractivity contribution in [2.24, 2.45) is 0 Å². The van der Waals surface area contributed by atoms with E-state index in [-0.39, 0.29) is 24.8 Å². The number of ether oxygens (including phenoxy) is 2. The molecule has 2 aromatic rings. The number of nitrogens with zero attached hydrogens (tertiary/aromatic N) is 2. The highest BCUT2D eigenvalue weighted by Gasteiger charge is 2.22. The van der Waals surface area contributed by atoms with Crippen LogP contribution in [-0.2, 0) is 16.3 Å². The van der Waals surface area contributed by atoms with Crippen LogP contribution in [0, 0.1) is 0 Å². The smallest absolute Gasteiger partial charge is 0.329 e. The number of carbonyl (C=O) groups is 2. The van der Waals surface area contributed by atoms with Crippen molar-refractivity contribution < 1.29 is 19.1 Å². The Bertz CT molecular complexity index is 720. The molecule has 1 N–H and O–H groups in total. The first-order valence-corrected chi connectivity index (χ1v) is 8.96. The third-order valence-corrected chi connectivity index (χ3v) is 4.00. The lowest BCUT2D eigenvalue weighted by atomic mass is 10.3. The highest BCUT2D eigenvalue weighted by molar-refractivity contribution is 9.10. The van der Waals surface area contributed by atoms with Gasteiger partial charge in [-0.3, -0.25) is 4.79 Å². The van der Waals surface area contributed by atoms with E-state index in [1.54, 1.807) is 19.2 Å². The summed E-state index contributed by atoms with van der Waals surface area (Å²) in [5.41, 5.74) is 0.176. The van der Waals surface area contributed by atoms with Crippen molar-refractivity contribution in [3.8, 4) is 5.75 Å². The van der Waals surface area contributed by atoms with Gasteiger partial charge in [-0.1, -0.05) is 15.9 Å². The van der Waals surface area contributed by atoms with Crippen LogP contribution in [0.2, 0.25) is 0 Å². The Balaban J connectivity index is 1.91. The van der Waals surface area contributed by atoms with Gasteiger partial charge in [-0.15, -0.1) is 0 Å². The molecule has 0 spiro atoms. The van der Waals surface area contributed by atoms with Gasteiger partial charge in [0.25, 0.3) is 5.91 Å². The first-order chi connectivity index (χ1) is 12.0. The molecule has 0 bridgehead atoms. The van der Waals surface area contributed by atoms with Crippen LogP contribution >= 0.6 is 28.6 Å². The van der Waals surface area contributed by atoms with E-state index in [2.05, 4.69) is 39.0 Å². The molecular weight excluding hydrogens is 410 g/mol. The van der Waals surface area contributed by atoms with Crippen LogP contribution in [0.25, 0.3) is 0 Å². The lowest BCUT2D eigenvalue weighted by molar-refractivity contribution is -0.144. The average Bonchev–Trinajstić information content (AvgIpc) is 3.08. The van der Waals surface area contributed by atoms with Gasteiger partial charge in [0.15, 0.2) is 6.73 Å². The Morgan fingerprint density at radius 3 is 2.68 bits per heavy atom. The van der Waals surface area contributed by atoms with Crippen molar-refractivity contribution in [2.45, 2.75) is 19.7 Å². The fourth-order valence-corrected chi connectivity index (χ4v) is 2.39. The maximum Gasteiger partial charge on any atom is 0.329 e. The molecule has 0 fully saturated rings. The molecule has 0 saturated heterocycles. The fraction of sp³-hybridized carbons (Fsp3) is 0.312. The standard InChI is InChI=1S/C16H18BrN3O4S/c1-2-23-16(22)14(9-25)18-15(21)13-7-8-20(19-13)10-24-12-5-3-11(17)4-6-12/h3-8,14,25H,2,9-10H2,1H3,(H,18,21)/t14-/m0/s1. The summed E-state index contributed by atoms with van der Waals surface area (Å²) in [6.45, 7) is 2.09. The first kappa shape index (κ1) is 19.3. The summed E-state index contributed by atoms with van der Waals surface area (Å²) in [4.78, 5) is 23.9. The van der Waals surface area contributed by atoms with Crippen LogP contribution in [0.5, 0.6) is 5.75 Å². The topological polar surface area (TPSA) is 82.5 Å². The number of amides is 1. The number of nitrogens with one attached hydrogen (secondary N) is 1. The van der Waals surface area contributed by atoms with E-state index in [0.29, 0.717) is 5.75 Å². The summed E-state index contributed by atoms with van der Waals surface area (Å²) < 4.78 is 12.9. The molecule has 1 atom stereocenters. The molecule has 0 aliphatic rings. The van der Waals surface area contributed by atoms with E-state index in [9.17, 15) is 9.59 Å².